The third kappa shape index (κ3) is 3.73. The number of nitrogens with zero attached hydrogens (tertiary/aromatic N) is 2. The summed E-state index contributed by atoms with van der Waals surface area (Å²) in [5.41, 5.74) is 6.85. The molecule has 3 rings (SSSR count). The van der Waals surface area contributed by atoms with Crippen LogP contribution in [0.3, 0.4) is 0 Å². The number of hydrogen-bond acceptors (Lipinski definition) is 7. The monoisotopic (exact) mass is 400 g/mol. The SMILES string of the molecule is COc1cc2nc(C)nc(Nc3cc(C(C)(C)C)sc3C(N)=O)c2cc1OC. The number of ether oxygens (including phenoxy) is 2. The number of methoxy groups -OCH3 is 2. The van der Waals surface area contributed by atoms with Gasteiger partial charge in [-0.15, -0.1) is 11.3 Å². The first-order valence-corrected chi connectivity index (χ1v) is 9.57. The van der Waals surface area contributed by atoms with E-state index in [0.29, 0.717) is 39.2 Å². The van der Waals surface area contributed by atoms with Gasteiger partial charge in [-0.25, -0.2) is 9.97 Å². The Morgan fingerprint density at radius 1 is 1.11 bits per heavy atom. The molecule has 3 aromatic rings. The fraction of sp³-hybridized carbons (Fsp3) is 0.350. The van der Waals surface area contributed by atoms with Crippen LogP contribution in [0.25, 0.3) is 10.9 Å². The van der Waals surface area contributed by atoms with Crippen molar-refractivity contribution in [3.8, 4) is 11.5 Å². The Kier molecular flexibility index (Phi) is 5.16. The number of amides is 1. The molecule has 148 valence electrons. The number of carbonyl (C=O) groups is 1. The van der Waals surface area contributed by atoms with Crippen molar-refractivity contribution < 1.29 is 14.3 Å². The summed E-state index contributed by atoms with van der Waals surface area (Å²) in [5.74, 6) is 1.85. The second-order valence-corrected chi connectivity index (χ2v) is 8.49. The number of nitrogens with two attached hydrogens (primary N) is 1. The molecule has 2 aromatic heterocycles. The van der Waals surface area contributed by atoms with Crippen LogP contribution >= 0.6 is 11.3 Å². The third-order valence-electron chi connectivity index (χ3n) is 4.26. The molecule has 0 saturated carbocycles. The lowest BCUT2D eigenvalue weighted by molar-refractivity contribution is 0.100. The van der Waals surface area contributed by atoms with Crippen molar-refractivity contribution in [3.05, 3.63) is 33.8 Å². The number of fused-ring (bicyclic) bond motifs is 1. The van der Waals surface area contributed by atoms with Crippen molar-refractivity contribution >= 4 is 39.7 Å². The number of carbonyl (C=O) groups excluding carboxylic acids is 1. The zero-order valence-electron chi connectivity index (χ0n) is 16.8. The van der Waals surface area contributed by atoms with Gasteiger partial charge >= 0.3 is 0 Å². The average Bonchev–Trinajstić information content (AvgIpc) is 3.05. The molecule has 0 aliphatic rings. The molecular formula is C20H24N4O3S. The van der Waals surface area contributed by atoms with Crippen molar-refractivity contribution in [2.24, 2.45) is 5.73 Å². The zero-order valence-corrected chi connectivity index (χ0v) is 17.7. The largest absolute Gasteiger partial charge is 0.493 e. The number of hydrogen-bond donors (Lipinski definition) is 2. The summed E-state index contributed by atoms with van der Waals surface area (Å²) in [6, 6.07) is 5.57. The second-order valence-electron chi connectivity index (χ2n) is 7.44. The summed E-state index contributed by atoms with van der Waals surface area (Å²) in [4.78, 5) is 22.5. The molecule has 0 fully saturated rings. The molecule has 1 aromatic carbocycles. The second kappa shape index (κ2) is 7.27. The van der Waals surface area contributed by atoms with Crippen LogP contribution in [0.2, 0.25) is 0 Å². The fourth-order valence-electron chi connectivity index (χ4n) is 2.83. The number of aryl methyl sites for hydroxylation is 1. The third-order valence-corrected chi connectivity index (χ3v) is 5.84. The Labute approximate surface area is 167 Å². The first-order chi connectivity index (χ1) is 13.1. The van der Waals surface area contributed by atoms with Crippen LogP contribution in [-0.4, -0.2) is 30.1 Å². The van der Waals surface area contributed by atoms with Gasteiger partial charge < -0.3 is 20.5 Å². The lowest BCUT2D eigenvalue weighted by Gasteiger charge is -2.15. The van der Waals surface area contributed by atoms with E-state index in [0.717, 1.165) is 10.3 Å². The van der Waals surface area contributed by atoms with Gasteiger partial charge in [-0.1, -0.05) is 20.8 Å². The van der Waals surface area contributed by atoms with Crippen molar-refractivity contribution in [1.82, 2.24) is 9.97 Å². The average molecular weight is 401 g/mol. The molecule has 7 nitrogen and oxygen atoms in total. The van der Waals surface area contributed by atoms with Crippen molar-refractivity contribution in [2.75, 3.05) is 19.5 Å². The molecule has 2 heterocycles. The molecule has 0 radical (unpaired) electrons. The van der Waals surface area contributed by atoms with Gasteiger partial charge in [0.25, 0.3) is 5.91 Å². The van der Waals surface area contributed by atoms with E-state index in [1.54, 1.807) is 20.3 Å². The molecule has 28 heavy (non-hydrogen) atoms. The maximum Gasteiger partial charge on any atom is 0.260 e. The molecule has 0 spiro atoms. The maximum atomic E-state index is 12.0. The highest BCUT2D eigenvalue weighted by molar-refractivity contribution is 7.14. The molecule has 8 heteroatoms. The molecule has 1 amide bonds. The summed E-state index contributed by atoms with van der Waals surface area (Å²) in [7, 11) is 3.15. The Balaban J connectivity index is 2.17. The van der Waals surface area contributed by atoms with Gasteiger partial charge in [-0.3, -0.25) is 4.79 Å². The lowest BCUT2D eigenvalue weighted by atomic mass is 9.94. The number of nitrogens with one attached hydrogen (secondary N) is 1. The van der Waals surface area contributed by atoms with E-state index >= 15 is 0 Å². The molecule has 0 unspecified atom stereocenters. The van der Waals surface area contributed by atoms with E-state index in [1.807, 2.05) is 19.1 Å². The molecule has 0 saturated heterocycles. The van der Waals surface area contributed by atoms with Crippen LogP contribution in [0, 0.1) is 6.92 Å². The van der Waals surface area contributed by atoms with Crippen molar-refractivity contribution in [3.63, 3.8) is 0 Å². The minimum atomic E-state index is -0.475. The normalized spacial score (nSPS) is 11.5. The summed E-state index contributed by atoms with van der Waals surface area (Å²) in [6.45, 7) is 8.09. The van der Waals surface area contributed by atoms with Gasteiger partial charge in [0.15, 0.2) is 11.5 Å². The molecular weight excluding hydrogens is 376 g/mol. The minimum absolute atomic E-state index is 0.102. The predicted octanol–water partition coefficient (Wildman–Crippen LogP) is 4.16. The lowest BCUT2D eigenvalue weighted by Crippen LogP contribution is -2.11. The number of primary amides is 1. The van der Waals surface area contributed by atoms with E-state index < -0.39 is 5.91 Å². The van der Waals surface area contributed by atoms with Crippen molar-refractivity contribution in [1.29, 1.82) is 0 Å². The molecule has 0 bridgehead atoms. The fourth-order valence-corrected chi connectivity index (χ4v) is 3.85. The van der Waals surface area contributed by atoms with E-state index in [2.05, 4.69) is 36.1 Å². The molecule has 3 N–H and O–H groups in total. The number of aromatic nitrogens is 2. The van der Waals surface area contributed by atoms with Crippen molar-refractivity contribution in [2.45, 2.75) is 33.1 Å². The quantitative estimate of drug-likeness (QED) is 0.667. The maximum absolute atomic E-state index is 12.0. The highest BCUT2D eigenvalue weighted by Crippen LogP contribution is 2.39. The topological polar surface area (TPSA) is 99.4 Å². The zero-order chi connectivity index (χ0) is 20.6. The van der Waals surface area contributed by atoms with Crippen LogP contribution < -0.4 is 20.5 Å². The van der Waals surface area contributed by atoms with E-state index in [9.17, 15) is 4.79 Å². The van der Waals surface area contributed by atoms with Gasteiger partial charge in [0.05, 0.1) is 25.4 Å². The number of benzene rings is 1. The number of thiophene rings is 1. The van der Waals surface area contributed by atoms with Crippen LogP contribution in [0.5, 0.6) is 11.5 Å². The molecule has 0 aliphatic carbocycles. The number of rotatable bonds is 5. The Bertz CT molecular complexity index is 1050. The standard InChI is InChI=1S/C20H24N4O3S/c1-10-22-12-8-15(27-6)14(26-5)7-11(12)19(23-10)24-13-9-16(20(2,3)4)28-17(13)18(21)25/h7-9H,1-6H3,(H2,21,25)(H,22,23,24). The highest BCUT2D eigenvalue weighted by atomic mass is 32.1. The van der Waals surface area contributed by atoms with E-state index in [1.165, 1.54) is 11.3 Å². The summed E-state index contributed by atoms with van der Waals surface area (Å²) in [6.07, 6.45) is 0. The summed E-state index contributed by atoms with van der Waals surface area (Å²) in [5, 5.41) is 4.03. The van der Waals surface area contributed by atoms with Gasteiger partial charge in [0.1, 0.15) is 16.5 Å². The Morgan fingerprint density at radius 3 is 2.32 bits per heavy atom. The predicted molar refractivity (Wildman–Crippen MR) is 112 cm³/mol. The summed E-state index contributed by atoms with van der Waals surface area (Å²) < 4.78 is 10.8. The van der Waals surface area contributed by atoms with Crippen LogP contribution in [0.1, 0.15) is 41.1 Å². The molecule has 0 aliphatic heterocycles. The number of anilines is 2. The van der Waals surface area contributed by atoms with E-state index in [-0.39, 0.29) is 5.41 Å². The van der Waals surface area contributed by atoms with Gasteiger partial charge in [0.2, 0.25) is 0 Å². The Hall–Kier alpha value is -2.87. The van der Waals surface area contributed by atoms with Crippen LogP contribution in [0.15, 0.2) is 18.2 Å². The van der Waals surface area contributed by atoms with E-state index in [4.69, 9.17) is 15.2 Å². The van der Waals surface area contributed by atoms with Gasteiger partial charge in [-0.05, 0) is 24.5 Å². The minimum Gasteiger partial charge on any atom is -0.493 e. The highest BCUT2D eigenvalue weighted by Gasteiger charge is 2.23. The first-order valence-electron chi connectivity index (χ1n) is 8.75. The summed E-state index contributed by atoms with van der Waals surface area (Å²) >= 11 is 1.39. The Morgan fingerprint density at radius 2 is 1.75 bits per heavy atom. The van der Waals surface area contributed by atoms with Gasteiger partial charge in [0, 0.05) is 16.3 Å². The smallest absolute Gasteiger partial charge is 0.260 e. The molecule has 0 atom stereocenters. The first kappa shape index (κ1) is 19.9. The van der Waals surface area contributed by atoms with Crippen LogP contribution in [0.4, 0.5) is 11.5 Å². The van der Waals surface area contributed by atoms with Gasteiger partial charge in [-0.2, -0.15) is 0 Å². The van der Waals surface area contributed by atoms with Crippen LogP contribution in [-0.2, 0) is 5.41 Å².